The van der Waals surface area contributed by atoms with E-state index in [1.807, 2.05) is 0 Å². The highest BCUT2D eigenvalue weighted by Gasteiger charge is 2.38. The van der Waals surface area contributed by atoms with E-state index in [2.05, 4.69) is 4.74 Å². The predicted octanol–water partition coefficient (Wildman–Crippen LogP) is 2.80. The van der Waals surface area contributed by atoms with Gasteiger partial charge in [0, 0.05) is 0 Å². The number of methoxy groups -OCH3 is 1. The van der Waals surface area contributed by atoms with E-state index in [9.17, 15) is 18.0 Å². The second-order valence-electron chi connectivity index (χ2n) is 3.29. The summed E-state index contributed by atoms with van der Waals surface area (Å²) in [5.74, 6) is -0.890. The quantitative estimate of drug-likeness (QED) is 0.771. The highest BCUT2D eigenvalue weighted by molar-refractivity contribution is 5.92. The summed E-state index contributed by atoms with van der Waals surface area (Å²) in [5, 5.41) is 0. The maximum atomic E-state index is 12.3. The van der Waals surface area contributed by atoms with Crippen molar-refractivity contribution < 1.29 is 27.4 Å². The van der Waals surface area contributed by atoms with Crippen LogP contribution in [0.1, 0.15) is 17.3 Å². The fourth-order valence-electron chi connectivity index (χ4n) is 1.11. The fraction of sp³-hybridized carbons (Fsp3) is 0.364. The third-order valence-electron chi connectivity index (χ3n) is 2.06. The molecule has 17 heavy (non-hydrogen) atoms. The van der Waals surface area contributed by atoms with Gasteiger partial charge in [-0.05, 0) is 19.1 Å². The Balaban J connectivity index is 2.95. The normalized spacial score (nSPS) is 13.0. The Bertz CT molecular complexity index is 401. The van der Waals surface area contributed by atoms with Crippen molar-refractivity contribution in [1.82, 2.24) is 0 Å². The largest absolute Gasteiger partial charge is 0.480 e. The van der Waals surface area contributed by atoms with E-state index in [-0.39, 0.29) is 11.3 Å². The molecule has 6 heteroatoms. The molecule has 0 fully saturated rings. The first-order valence-corrected chi connectivity index (χ1v) is 4.77. The molecule has 0 aliphatic heterocycles. The summed E-state index contributed by atoms with van der Waals surface area (Å²) in [7, 11) is 1.15. The second-order valence-corrected chi connectivity index (χ2v) is 3.29. The Kier molecular flexibility index (Phi) is 3.98. The number of para-hydroxylation sites is 1. The van der Waals surface area contributed by atoms with Gasteiger partial charge in [-0.15, -0.1) is 0 Å². The number of hydrogen-bond donors (Lipinski definition) is 0. The van der Waals surface area contributed by atoms with Crippen molar-refractivity contribution in [1.29, 1.82) is 0 Å². The third kappa shape index (κ3) is 3.37. The van der Waals surface area contributed by atoms with Crippen LogP contribution >= 0.6 is 0 Å². The summed E-state index contributed by atoms with van der Waals surface area (Å²) in [6, 6.07) is 5.61. The highest BCUT2D eigenvalue weighted by atomic mass is 19.4. The first kappa shape index (κ1) is 13.3. The number of ether oxygens (including phenoxy) is 2. The molecule has 0 saturated carbocycles. The molecule has 1 aromatic rings. The van der Waals surface area contributed by atoms with Crippen molar-refractivity contribution in [3.05, 3.63) is 29.8 Å². The van der Waals surface area contributed by atoms with Crippen molar-refractivity contribution in [2.24, 2.45) is 0 Å². The van der Waals surface area contributed by atoms with Crippen molar-refractivity contribution >= 4 is 5.97 Å². The van der Waals surface area contributed by atoms with Crippen molar-refractivity contribution in [2.75, 3.05) is 7.11 Å². The summed E-state index contributed by atoms with van der Waals surface area (Å²) in [6.07, 6.45) is -6.48. The van der Waals surface area contributed by atoms with Crippen LogP contribution in [0.25, 0.3) is 0 Å². The minimum absolute atomic E-state index is 0.0360. The van der Waals surface area contributed by atoms with Gasteiger partial charge >= 0.3 is 12.1 Å². The van der Waals surface area contributed by atoms with Gasteiger partial charge in [0.05, 0.1) is 7.11 Å². The van der Waals surface area contributed by atoms with Gasteiger partial charge in [0.15, 0.2) is 6.10 Å². The average Bonchev–Trinajstić information content (AvgIpc) is 2.27. The van der Waals surface area contributed by atoms with Crippen LogP contribution in [0.2, 0.25) is 0 Å². The molecule has 0 N–H and O–H groups in total. The van der Waals surface area contributed by atoms with E-state index in [1.165, 1.54) is 24.3 Å². The molecular weight excluding hydrogens is 237 g/mol. The molecule has 0 aromatic heterocycles. The van der Waals surface area contributed by atoms with Gasteiger partial charge in [0.25, 0.3) is 0 Å². The summed E-state index contributed by atoms with van der Waals surface area (Å²) in [5.41, 5.74) is -0.0360. The molecule has 1 atom stereocenters. The number of rotatable bonds is 3. The third-order valence-corrected chi connectivity index (χ3v) is 2.06. The Morgan fingerprint density at radius 3 is 2.41 bits per heavy atom. The van der Waals surface area contributed by atoms with Crippen molar-refractivity contribution in [2.45, 2.75) is 19.2 Å². The molecule has 0 spiro atoms. The molecule has 0 heterocycles. The lowest BCUT2D eigenvalue weighted by Gasteiger charge is -2.18. The second kappa shape index (κ2) is 5.07. The number of hydrogen-bond acceptors (Lipinski definition) is 3. The maximum Gasteiger partial charge on any atom is 0.425 e. The van der Waals surface area contributed by atoms with E-state index in [4.69, 9.17) is 4.74 Å². The zero-order valence-electron chi connectivity index (χ0n) is 9.25. The van der Waals surface area contributed by atoms with Gasteiger partial charge in [-0.2, -0.15) is 13.2 Å². The molecule has 0 bridgehead atoms. The van der Waals surface area contributed by atoms with E-state index in [1.54, 1.807) is 0 Å². The lowest BCUT2D eigenvalue weighted by Crippen LogP contribution is -2.31. The minimum atomic E-state index is -4.48. The molecule has 0 aliphatic rings. The summed E-state index contributed by atoms with van der Waals surface area (Å²) >= 11 is 0. The Labute approximate surface area is 96.1 Å². The van der Waals surface area contributed by atoms with Gasteiger partial charge in [-0.1, -0.05) is 12.1 Å². The van der Waals surface area contributed by atoms with Crippen LogP contribution in [-0.4, -0.2) is 25.4 Å². The van der Waals surface area contributed by atoms with Gasteiger partial charge in [0.1, 0.15) is 11.3 Å². The van der Waals surface area contributed by atoms with Gasteiger partial charge in [0.2, 0.25) is 0 Å². The first-order chi connectivity index (χ1) is 7.86. The molecule has 0 amide bonds. The monoisotopic (exact) mass is 248 g/mol. The summed E-state index contributed by atoms with van der Waals surface area (Å²) in [6.45, 7) is 0.869. The lowest BCUT2D eigenvalue weighted by atomic mass is 10.2. The van der Waals surface area contributed by atoms with Crippen LogP contribution < -0.4 is 4.74 Å². The Morgan fingerprint density at radius 1 is 1.29 bits per heavy atom. The van der Waals surface area contributed by atoms with E-state index < -0.39 is 18.2 Å². The molecule has 94 valence electrons. The average molecular weight is 248 g/mol. The SMILES string of the molecule is COC(=O)c1ccccc1O[C@@H](C)C(F)(F)F. The lowest BCUT2D eigenvalue weighted by molar-refractivity contribution is -0.189. The van der Waals surface area contributed by atoms with Crippen LogP contribution in [0.4, 0.5) is 13.2 Å². The fourth-order valence-corrected chi connectivity index (χ4v) is 1.11. The first-order valence-electron chi connectivity index (χ1n) is 4.77. The summed E-state index contributed by atoms with van der Waals surface area (Å²) < 4.78 is 46.1. The van der Waals surface area contributed by atoms with Gasteiger partial charge in [-0.25, -0.2) is 4.79 Å². The summed E-state index contributed by atoms with van der Waals surface area (Å²) in [4.78, 5) is 11.3. The number of esters is 1. The maximum absolute atomic E-state index is 12.3. The number of carbonyl (C=O) groups is 1. The van der Waals surface area contributed by atoms with Crippen LogP contribution in [0.5, 0.6) is 5.75 Å². The van der Waals surface area contributed by atoms with Crippen molar-refractivity contribution in [3.63, 3.8) is 0 Å². The number of halogens is 3. The smallest absolute Gasteiger partial charge is 0.425 e. The minimum Gasteiger partial charge on any atom is -0.480 e. The van der Waals surface area contributed by atoms with E-state index in [0.29, 0.717) is 0 Å². The predicted molar refractivity (Wildman–Crippen MR) is 53.9 cm³/mol. The zero-order chi connectivity index (χ0) is 13.1. The van der Waals surface area contributed by atoms with Gasteiger partial charge < -0.3 is 9.47 Å². The highest BCUT2D eigenvalue weighted by Crippen LogP contribution is 2.27. The zero-order valence-corrected chi connectivity index (χ0v) is 9.25. The molecule has 0 radical (unpaired) electrons. The van der Waals surface area contributed by atoms with Crippen LogP contribution in [0.3, 0.4) is 0 Å². The van der Waals surface area contributed by atoms with E-state index in [0.717, 1.165) is 14.0 Å². The van der Waals surface area contributed by atoms with Crippen LogP contribution in [-0.2, 0) is 4.74 Å². The van der Waals surface area contributed by atoms with E-state index >= 15 is 0 Å². The molecule has 1 rings (SSSR count). The van der Waals surface area contributed by atoms with Crippen LogP contribution in [0, 0.1) is 0 Å². The molecule has 0 saturated heterocycles. The number of benzene rings is 1. The standard InChI is InChI=1S/C11H11F3O3/c1-7(11(12,13)14)17-9-6-4-3-5-8(9)10(15)16-2/h3-7H,1-2H3/t7-/m0/s1. The molecule has 1 aromatic carbocycles. The number of alkyl halides is 3. The Morgan fingerprint density at radius 2 is 1.88 bits per heavy atom. The van der Waals surface area contributed by atoms with Crippen molar-refractivity contribution in [3.8, 4) is 5.75 Å². The van der Waals surface area contributed by atoms with Crippen LogP contribution in [0.15, 0.2) is 24.3 Å². The molecular formula is C11H11F3O3. The number of carbonyl (C=O) groups excluding carboxylic acids is 1. The molecule has 3 nitrogen and oxygen atoms in total. The molecule has 0 aliphatic carbocycles. The Hall–Kier alpha value is -1.72. The topological polar surface area (TPSA) is 35.5 Å². The van der Waals surface area contributed by atoms with Gasteiger partial charge in [-0.3, -0.25) is 0 Å². The molecule has 0 unspecified atom stereocenters.